The molecular weight excluding hydrogens is 648 g/mol. The first kappa shape index (κ1) is 33.7. The van der Waals surface area contributed by atoms with Crippen molar-refractivity contribution in [1.29, 1.82) is 0 Å². The van der Waals surface area contributed by atoms with Gasteiger partial charge in [-0.05, 0) is 103 Å². The molecule has 2 aliphatic rings. The van der Waals surface area contributed by atoms with Crippen LogP contribution in [-0.4, -0.2) is 70.7 Å². The average molecular weight is 687 g/mol. The van der Waals surface area contributed by atoms with Gasteiger partial charge in [-0.25, -0.2) is 17.9 Å². The Balaban J connectivity index is 1.18. The number of amides is 3. The number of hydrogen-bond acceptors (Lipinski definition) is 8. The van der Waals surface area contributed by atoms with Crippen LogP contribution in [0.15, 0.2) is 77.7 Å². The molecule has 1 aromatic heterocycles. The lowest BCUT2D eigenvalue weighted by molar-refractivity contribution is -0.130. The van der Waals surface area contributed by atoms with E-state index in [0.29, 0.717) is 54.9 Å². The van der Waals surface area contributed by atoms with Gasteiger partial charge in [-0.2, -0.15) is 5.21 Å². The number of nitrogens with zero attached hydrogens (tertiary/aromatic N) is 3. The average Bonchev–Trinajstić information content (AvgIpc) is 3.73. The first-order valence-electron chi connectivity index (χ1n) is 16.3. The van der Waals surface area contributed by atoms with Gasteiger partial charge >= 0.3 is 6.09 Å². The van der Waals surface area contributed by atoms with E-state index >= 15 is 0 Å². The number of tetrazole rings is 1. The number of carbonyl (C=O) groups is 3. The van der Waals surface area contributed by atoms with Gasteiger partial charge in [0.25, 0.3) is 0 Å². The molecule has 2 saturated carbocycles. The molecule has 14 nitrogen and oxygen atoms in total. The van der Waals surface area contributed by atoms with Gasteiger partial charge < -0.3 is 21.1 Å². The van der Waals surface area contributed by atoms with Gasteiger partial charge in [0, 0.05) is 36.2 Å². The summed E-state index contributed by atoms with van der Waals surface area (Å²) in [5.41, 5.74) is 3.49. The van der Waals surface area contributed by atoms with Crippen LogP contribution in [-0.2, 0) is 26.0 Å². The smallest absolute Gasteiger partial charge is 0.404 e. The maximum atomic E-state index is 13.7. The van der Waals surface area contributed by atoms with E-state index in [1.165, 1.54) is 0 Å². The zero-order chi connectivity index (χ0) is 34.4. The maximum absolute atomic E-state index is 13.7. The lowest BCUT2D eigenvalue weighted by Crippen LogP contribution is -2.48. The summed E-state index contributed by atoms with van der Waals surface area (Å²) >= 11 is 0. The number of hydrogen-bond donors (Lipinski definition) is 6. The summed E-state index contributed by atoms with van der Waals surface area (Å²) in [5, 5.41) is 31.2. The number of rotatable bonds is 13. The molecule has 6 N–H and O–H groups in total. The van der Waals surface area contributed by atoms with Gasteiger partial charge in [-0.15, -0.1) is 10.2 Å². The molecule has 2 aliphatic carbocycles. The van der Waals surface area contributed by atoms with Crippen molar-refractivity contribution in [2.45, 2.75) is 61.9 Å². The summed E-state index contributed by atoms with van der Waals surface area (Å²) in [6.07, 6.45) is 3.38. The first-order valence-corrected chi connectivity index (χ1v) is 17.7. The lowest BCUT2D eigenvalue weighted by Gasteiger charge is -2.29. The van der Waals surface area contributed by atoms with Gasteiger partial charge in [-0.3, -0.25) is 9.59 Å². The van der Waals surface area contributed by atoms with Crippen LogP contribution in [0.5, 0.6) is 0 Å². The van der Waals surface area contributed by atoms with Gasteiger partial charge in [-0.1, -0.05) is 36.4 Å². The largest absolute Gasteiger partial charge is 0.465 e. The number of benzene rings is 3. The third-order valence-corrected chi connectivity index (χ3v) is 10.4. The lowest BCUT2D eigenvalue weighted by atomic mass is 9.81. The molecular formula is C34H38N8O6S. The number of sulfonamides is 1. The number of aromatic nitrogens is 4. The van der Waals surface area contributed by atoms with E-state index in [0.717, 1.165) is 24.0 Å². The molecule has 1 atom stereocenters. The molecule has 0 unspecified atom stereocenters. The van der Waals surface area contributed by atoms with E-state index in [4.69, 9.17) is 5.11 Å². The maximum Gasteiger partial charge on any atom is 0.404 e. The van der Waals surface area contributed by atoms with Gasteiger partial charge in [0.05, 0.1) is 4.90 Å². The van der Waals surface area contributed by atoms with E-state index in [9.17, 15) is 22.8 Å². The van der Waals surface area contributed by atoms with Crippen LogP contribution in [0.1, 0.15) is 44.1 Å². The Bertz CT molecular complexity index is 1890. The zero-order valence-corrected chi connectivity index (χ0v) is 27.4. The SMILES string of the molecule is O=C(O)NCC1CCC(C(=O)N[C@@H](Cc2cccc(-c3cccc(S(=O)(=O)NC4CC4)c3)c2)C(=O)Nc2ccc(-c3nn[nH]n3)cc2)CC1. The van der Waals surface area contributed by atoms with Crippen LogP contribution in [0.3, 0.4) is 0 Å². The van der Waals surface area contributed by atoms with E-state index in [1.54, 1.807) is 42.5 Å². The minimum Gasteiger partial charge on any atom is -0.465 e. The molecule has 15 heteroatoms. The molecule has 49 heavy (non-hydrogen) atoms. The van der Waals surface area contributed by atoms with E-state index in [1.807, 2.05) is 30.3 Å². The van der Waals surface area contributed by atoms with Gasteiger partial charge in [0.15, 0.2) is 0 Å². The van der Waals surface area contributed by atoms with E-state index < -0.39 is 28.1 Å². The summed E-state index contributed by atoms with van der Waals surface area (Å²) in [6, 6.07) is 20.2. The highest BCUT2D eigenvalue weighted by atomic mass is 32.2. The minimum absolute atomic E-state index is 0.0114. The van der Waals surface area contributed by atoms with Crippen LogP contribution in [0.25, 0.3) is 22.5 Å². The van der Waals surface area contributed by atoms with Crippen LogP contribution >= 0.6 is 0 Å². The summed E-state index contributed by atoms with van der Waals surface area (Å²) in [4.78, 5) is 38.3. The molecule has 0 radical (unpaired) electrons. The molecule has 2 fully saturated rings. The predicted molar refractivity (Wildman–Crippen MR) is 181 cm³/mol. The number of nitrogens with one attached hydrogen (secondary N) is 5. The third kappa shape index (κ3) is 9.06. The molecule has 0 bridgehead atoms. The molecule has 0 aliphatic heterocycles. The fourth-order valence-corrected chi connectivity index (χ4v) is 7.37. The summed E-state index contributed by atoms with van der Waals surface area (Å²) in [7, 11) is -3.64. The first-order chi connectivity index (χ1) is 23.6. The van der Waals surface area contributed by atoms with Crippen molar-refractivity contribution in [2.75, 3.05) is 11.9 Å². The Morgan fingerprint density at radius 1 is 0.878 bits per heavy atom. The number of carboxylic acid groups (broad SMARTS) is 1. The summed E-state index contributed by atoms with van der Waals surface area (Å²) in [6.45, 7) is 0.350. The molecule has 1 heterocycles. The van der Waals surface area contributed by atoms with Crippen molar-refractivity contribution in [3.8, 4) is 22.5 Å². The quantitative estimate of drug-likeness (QED) is 0.121. The number of aromatic amines is 1. The van der Waals surface area contributed by atoms with Crippen LogP contribution in [0, 0.1) is 11.8 Å². The van der Waals surface area contributed by atoms with E-state index in [2.05, 4.69) is 41.3 Å². The van der Waals surface area contributed by atoms with Crippen molar-refractivity contribution in [1.82, 2.24) is 36.0 Å². The van der Waals surface area contributed by atoms with Crippen LogP contribution in [0.2, 0.25) is 0 Å². The Labute approximate surface area is 283 Å². The minimum atomic E-state index is -3.64. The highest BCUT2D eigenvalue weighted by molar-refractivity contribution is 7.89. The van der Waals surface area contributed by atoms with Crippen molar-refractivity contribution in [3.05, 3.63) is 78.4 Å². The fourth-order valence-electron chi connectivity index (χ4n) is 6.02. The Morgan fingerprint density at radius 3 is 2.27 bits per heavy atom. The standard InChI is InChI=1S/C34H38N8O6S/c43-32(24-9-7-21(8-10-24)20-35-34(45)46)37-30(33(44)36-27-13-11-23(12-14-27)31-38-41-42-39-31)18-22-3-1-4-25(17-22)26-5-2-6-29(19-26)49(47,48)40-28-15-16-28/h1-6,11-14,17,19,21,24,28,30,35,40H,7-10,15-16,18,20H2,(H,36,44)(H,37,43)(H,45,46)(H,38,39,41,42)/t21?,24?,30-/m0/s1. The fraction of sp³-hybridized carbons (Fsp3) is 0.353. The Kier molecular flexibility index (Phi) is 10.3. The van der Waals surface area contributed by atoms with Crippen LogP contribution in [0.4, 0.5) is 10.5 Å². The highest BCUT2D eigenvalue weighted by Crippen LogP contribution is 2.30. The predicted octanol–water partition coefficient (Wildman–Crippen LogP) is 3.71. The molecule has 6 rings (SSSR count). The second kappa shape index (κ2) is 15.0. The monoisotopic (exact) mass is 686 g/mol. The molecule has 0 saturated heterocycles. The van der Waals surface area contributed by atoms with Crippen molar-refractivity contribution in [2.24, 2.45) is 11.8 Å². The Morgan fingerprint density at radius 2 is 1.59 bits per heavy atom. The third-order valence-electron chi connectivity index (χ3n) is 8.89. The second-order valence-electron chi connectivity index (χ2n) is 12.6. The number of anilines is 1. The zero-order valence-electron chi connectivity index (χ0n) is 26.6. The van der Waals surface area contributed by atoms with Crippen molar-refractivity contribution < 1.29 is 27.9 Å². The summed E-state index contributed by atoms with van der Waals surface area (Å²) in [5.74, 6) is -0.348. The van der Waals surface area contributed by atoms with Crippen molar-refractivity contribution >= 4 is 33.6 Å². The van der Waals surface area contributed by atoms with Crippen molar-refractivity contribution in [3.63, 3.8) is 0 Å². The molecule has 3 aromatic carbocycles. The second-order valence-corrected chi connectivity index (χ2v) is 14.3. The van der Waals surface area contributed by atoms with E-state index in [-0.39, 0.29) is 35.1 Å². The molecule has 4 aromatic rings. The van der Waals surface area contributed by atoms with Crippen LogP contribution < -0.4 is 20.7 Å². The normalized spacial score (nSPS) is 18.3. The van der Waals surface area contributed by atoms with Gasteiger partial charge in [0.2, 0.25) is 27.7 Å². The van der Waals surface area contributed by atoms with Gasteiger partial charge in [0.1, 0.15) is 6.04 Å². The number of carbonyl (C=O) groups excluding carboxylic acids is 2. The topological polar surface area (TPSA) is 208 Å². The molecule has 256 valence electrons. The molecule has 0 spiro atoms. The number of H-pyrrole nitrogens is 1. The molecule has 3 amide bonds. The highest BCUT2D eigenvalue weighted by Gasteiger charge is 2.31. The Hall–Kier alpha value is -5.15. The summed E-state index contributed by atoms with van der Waals surface area (Å²) < 4.78 is 28.4.